The van der Waals surface area contributed by atoms with Crippen LogP contribution in [-0.4, -0.2) is 53.5 Å². The Hall–Kier alpha value is -2.84. The predicted octanol–water partition coefficient (Wildman–Crippen LogP) is 3.65. The topological polar surface area (TPSA) is 88.4 Å². The molecule has 3 aromatic rings. The van der Waals surface area contributed by atoms with Gasteiger partial charge >= 0.3 is 0 Å². The lowest BCUT2D eigenvalue weighted by atomic mass is 9.88. The zero-order valence-electron chi connectivity index (χ0n) is 19.8. The maximum atomic E-state index is 11.6. The van der Waals surface area contributed by atoms with E-state index in [1.807, 2.05) is 91.0 Å². The zero-order chi connectivity index (χ0) is 24.8. The van der Waals surface area contributed by atoms with Crippen molar-refractivity contribution in [1.29, 1.82) is 0 Å². The van der Waals surface area contributed by atoms with Crippen LogP contribution in [-0.2, 0) is 34.0 Å². The van der Waals surface area contributed by atoms with Crippen LogP contribution in [0.5, 0.6) is 0 Å². The van der Waals surface area contributed by atoms with Crippen molar-refractivity contribution in [3.8, 4) is 0 Å². The zero-order valence-corrected chi connectivity index (χ0v) is 19.8. The van der Waals surface area contributed by atoms with E-state index in [9.17, 15) is 15.3 Å². The van der Waals surface area contributed by atoms with Gasteiger partial charge in [-0.15, -0.1) is 0 Å². The molecule has 6 heteroatoms. The molecule has 0 saturated heterocycles. The molecule has 6 nitrogen and oxygen atoms in total. The fourth-order valence-electron chi connectivity index (χ4n) is 3.63. The molecule has 0 saturated carbocycles. The second-order valence-corrected chi connectivity index (χ2v) is 8.31. The molecule has 35 heavy (non-hydrogen) atoms. The van der Waals surface area contributed by atoms with Crippen molar-refractivity contribution in [3.05, 3.63) is 119 Å². The first kappa shape index (κ1) is 26.8. The summed E-state index contributed by atoms with van der Waals surface area (Å²) in [6.45, 7) is 0.254. The quantitative estimate of drug-likeness (QED) is 0.289. The highest BCUT2D eigenvalue weighted by molar-refractivity contribution is 5.22. The second-order valence-electron chi connectivity index (χ2n) is 8.31. The van der Waals surface area contributed by atoms with E-state index in [2.05, 4.69) is 0 Å². The first-order valence-electron chi connectivity index (χ1n) is 11.7. The maximum absolute atomic E-state index is 11.6. The van der Waals surface area contributed by atoms with Crippen LogP contribution in [0.3, 0.4) is 0 Å². The molecule has 0 aliphatic carbocycles. The van der Waals surface area contributed by atoms with Crippen molar-refractivity contribution in [1.82, 2.24) is 0 Å². The highest BCUT2D eigenvalue weighted by Crippen LogP contribution is 2.25. The van der Waals surface area contributed by atoms with Crippen molar-refractivity contribution in [3.63, 3.8) is 0 Å². The van der Waals surface area contributed by atoms with Gasteiger partial charge in [-0.1, -0.05) is 97.1 Å². The summed E-state index contributed by atoms with van der Waals surface area (Å²) in [7, 11) is 0. The number of hydrogen-bond donors (Lipinski definition) is 3. The summed E-state index contributed by atoms with van der Waals surface area (Å²) in [6, 6.07) is 28.8. The lowest BCUT2D eigenvalue weighted by molar-refractivity contribution is -0.129. The minimum Gasteiger partial charge on any atom is -0.392 e. The fraction of sp³-hybridized carbons (Fsp3) is 0.310. The summed E-state index contributed by atoms with van der Waals surface area (Å²) < 4.78 is 17.3. The maximum Gasteiger partial charge on any atom is 0.139 e. The predicted molar refractivity (Wildman–Crippen MR) is 134 cm³/mol. The van der Waals surface area contributed by atoms with E-state index in [0.29, 0.717) is 18.8 Å². The average Bonchev–Trinajstić information content (AvgIpc) is 2.90. The minimum absolute atomic E-state index is 0.0103. The Morgan fingerprint density at radius 3 is 1.66 bits per heavy atom. The second kappa shape index (κ2) is 14.5. The molecule has 0 amide bonds. The van der Waals surface area contributed by atoms with E-state index in [0.717, 1.165) is 16.7 Å². The van der Waals surface area contributed by atoms with Crippen molar-refractivity contribution in [2.45, 2.75) is 31.5 Å². The minimum atomic E-state index is -1.81. The van der Waals surface area contributed by atoms with Crippen LogP contribution in [0.25, 0.3) is 0 Å². The monoisotopic (exact) mass is 478 g/mol. The van der Waals surface area contributed by atoms with Gasteiger partial charge in [0, 0.05) is 0 Å². The van der Waals surface area contributed by atoms with E-state index in [4.69, 9.17) is 14.2 Å². The van der Waals surface area contributed by atoms with Gasteiger partial charge in [0.25, 0.3) is 0 Å². The highest BCUT2D eigenvalue weighted by atomic mass is 16.5. The summed E-state index contributed by atoms with van der Waals surface area (Å²) in [5, 5.41) is 32.3. The lowest BCUT2D eigenvalue weighted by Gasteiger charge is -2.35. The van der Waals surface area contributed by atoms with E-state index >= 15 is 0 Å². The first-order chi connectivity index (χ1) is 17.1. The molecule has 3 aromatic carbocycles. The molecule has 0 fully saturated rings. The van der Waals surface area contributed by atoms with Gasteiger partial charge in [0.05, 0.1) is 46.2 Å². The Morgan fingerprint density at radius 1 is 0.714 bits per heavy atom. The van der Waals surface area contributed by atoms with Gasteiger partial charge in [-0.2, -0.15) is 0 Å². The number of ether oxygens (including phenoxy) is 3. The number of aliphatic hydroxyl groups excluding tert-OH is 2. The van der Waals surface area contributed by atoms with Gasteiger partial charge in [-0.3, -0.25) is 0 Å². The molecule has 186 valence electrons. The third-order valence-corrected chi connectivity index (χ3v) is 5.64. The Labute approximate surface area is 207 Å². The van der Waals surface area contributed by atoms with E-state index in [1.54, 1.807) is 0 Å². The van der Waals surface area contributed by atoms with Crippen LogP contribution in [0, 0.1) is 0 Å². The Kier molecular flexibility index (Phi) is 11.1. The van der Waals surface area contributed by atoms with Crippen LogP contribution in [0.4, 0.5) is 0 Å². The summed E-state index contributed by atoms with van der Waals surface area (Å²) in [5.74, 6) is 0. The van der Waals surface area contributed by atoms with Gasteiger partial charge in [-0.05, 0) is 22.3 Å². The molecule has 0 aliphatic heterocycles. The molecule has 0 aliphatic rings. The van der Waals surface area contributed by atoms with Crippen LogP contribution >= 0.6 is 0 Å². The molecule has 3 rings (SSSR count). The highest BCUT2D eigenvalue weighted by Gasteiger charge is 2.40. The largest absolute Gasteiger partial charge is 0.392 e. The number of hydrogen-bond acceptors (Lipinski definition) is 6. The van der Waals surface area contributed by atoms with Gasteiger partial charge in [-0.25, -0.2) is 0 Å². The van der Waals surface area contributed by atoms with Crippen molar-refractivity contribution in [2.24, 2.45) is 0 Å². The molecule has 3 N–H and O–H groups in total. The molecular weight excluding hydrogens is 444 g/mol. The molecule has 0 aromatic heterocycles. The van der Waals surface area contributed by atoms with Crippen LogP contribution in [0.2, 0.25) is 0 Å². The Bertz CT molecular complexity index is 993. The van der Waals surface area contributed by atoms with Crippen LogP contribution in [0.1, 0.15) is 16.7 Å². The Morgan fingerprint density at radius 2 is 1.17 bits per heavy atom. The molecule has 0 spiro atoms. The van der Waals surface area contributed by atoms with Crippen molar-refractivity contribution < 1.29 is 29.5 Å². The summed E-state index contributed by atoms with van der Waals surface area (Å²) in [5.41, 5.74) is 1.40. The number of aliphatic hydroxyl groups is 3. The lowest BCUT2D eigenvalue weighted by Crippen LogP contribution is -2.51. The molecule has 0 bridgehead atoms. The number of rotatable bonds is 15. The van der Waals surface area contributed by atoms with E-state index in [-0.39, 0.29) is 33.0 Å². The number of benzene rings is 3. The average molecular weight is 479 g/mol. The third kappa shape index (κ3) is 8.71. The molecule has 0 heterocycles. The van der Waals surface area contributed by atoms with Gasteiger partial charge in [0.15, 0.2) is 0 Å². The normalized spacial score (nSPS) is 14.4. The first-order valence-corrected chi connectivity index (χ1v) is 11.7. The summed E-state index contributed by atoms with van der Waals surface area (Å²) in [6.07, 6.45) is 0.150. The standard InChI is InChI=1S/C29H34O6/c30-17-16-27(21-33-18-24-10-4-1-5-11-24)29(32,23-35-20-26-14-8-3-9-15-26)28(31)22-34-19-25-12-6-2-7-13-25/h1-16,28,30-32H,17-23H2/b27-16-/t28-,29+/m0/s1. The fourth-order valence-corrected chi connectivity index (χ4v) is 3.63. The van der Waals surface area contributed by atoms with Crippen molar-refractivity contribution in [2.75, 3.05) is 26.4 Å². The SMILES string of the molecule is OC/C=C(/COCc1ccccc1)[C@](O)(COCc1ccccc1)[C@@H](O)COCc1ccccc1. The third-order valence-electron chi connectivity index (χ3n) is 5.64. The molecule has 0 radical (unpaired) electrons. The summed E-state index contributed by atoms with van der Waals surface area (Å²) >= 11 is 0. The van der Waals surface area contributed by atoms with Gasteiger partial charge in [0.2, 0.25) is 0 Å². The Balaban J connectivity index is 1.67. The van der Waals surface area contributed by atoms with Crippen LogP contribution in [0.15, 0.2) is 103 Å². The van der Waals surface area contributed by atoms with Gasteiger partial charge < -0.3 is 29.5 Å². The molecule has 2 atom stereocenters. The molecular formula is C29H34O6. The molecule has 0 unspecified atom stereocenters. The summed E-state index contributed by atoms with van der Waals surface area (Å²) in [4.78, 5) is 0. The van der Waals surface area contributed by atoms with Crippen LogP contribution < -0.4 is 0 Å². The smallest absolute Gasteiger partial charge is 0.139 e. The van der Waals surface area contributed by atoms with E-state index < -0.39 is 11.7 Å². The van der Waals surface area contributed by atoms with Crippen molar-refractivity contribution >= 4 is 0 Å². The van der Waals surface area contributed by atoms with Gasteiger partial charge in [0.1, 0.15) is 11.7 Å². The van der Waals surface area contributed by atoms with E-state index in [1.165, 1.54) is 6.08 Å².